The van der Waals surface area contributed by atoms with Gasteiger partial charge in [-0.15, -0.1) is 0 Å². The average Bonchev–Trinajstić information content (AvgIpc) is 3.23. The Labute approximate surface area is 187 Å². The third kappa shape index (κ3) is 4.86. The van der Waals surface area contributed by atoms with Gasteiger partial charge in [0, 0.05) is 38.6 Å². The van der Waals surface area contributed by atoms with Gasteiger partial charge in [0.15, 0.2) is 0 Å². The SMILES string of the molecule is CC(=O)N1C2CCC(C3CNN(C4CCNCC4)C3)CC2N(C(=O)OC(C)C)C[C@@H]1C. The van der Waals surface area contributed by atoms with E-state index in [1.54, 1.807) is 6.92 Å². The van der Waals surface area contributed by atoms with Gasteiger partial charge in [-0.25, -0.2) is 9.80 Å². The second-order valence-electron chi connectivity index (χ2n) is 10.3. The third-order valence-electron chi connectivity index (χ3n) is 7.85. The molecular formula is C23H41N5O3. The normalized spacial score (nSPS) is 35.3. The van der Waals surface area contributed by atoms with Crippen LogP contribution in [0.1, 0.15) is 59.8 Å². The molecule has 2 N–H and O–H groups in total. The van der Waals surface area contributed by atoms with Crippen molar-refractivity contribution in [3.8, 4) is 0 Å². The number of fused-ring (bicyclic) bond motifs is 1. The highest BCUT2D eigenvalue weighted by Gasteiger charge is 2.48. The van der Waals surface area contributed by atoms with Crippen LogP contribution in [0.2, 0.25) is 0 Å². The Morgan fingerprint density at radius 2 is 1.74 bits per heavy atom. The van der Waals surface area contributed by atoms with Crippen LogP contribution in [0.4, 0.5) is 4.79 Å². The monoisotopic (exact) mass is 435 g/mol. The molecule has 4 fully saturated rings. The van der Waals surface area contributed by atoms with Gasteiger partial charge < -0.3 is 19.9 Å². The number of piperidine rings is 1. The highest BCUT2D eigenvalue weighted by molar-refractivity contribution is 5.75. The molecule has 0 bridgehead atoms. The Morgan fingerprint density at radius 3 is 2.42 bits per heavy atom. The van der Waals surface area contributed by atoms with Crippen LogP contribution in [-0.4, -0.2) is 89.8 Å². The summed E-state index contributed by atoms with van der Waals surface area (Å²) in [5, 5.41) is 5.93. The van der Waals surface area contributed by atoms with Crippen molar-refractivity contribution in [3.05, 3.63) is 0 Å². The zero-order chi connectivity index (χ0) is 22.1. The van der Waals surface area contributed by atoms with Crippen molar-refractivity contribution >= 4 is 12.0 Å². The summed E-state index contributed by atoms with van der Waals surface area (Å²) in [6.45, 7) is 12.4. The molecule has 176 valence electrons. The van der Waals surface area contributed by atoms with Gasteiger partial charge in [-0.3, -0.25) is 10.2 Å². The van der Waals surface area contributed by atoms with Crippen LogP contribution in [0, 0.1) is 11.8 Å². The van der Waals surface area contributed by atoms with Gasteiger partial charge in [0.1, 0.15) is 0 Å². The molecule has 4 rings (SSSR count). The molecule has 5 atom stereocenters. The molecule has 4 unspecified atom stereocenters. The maximum atomic E-state index is 12.9. The predicted molar refractivity (Wildman–Crippen MR) is 119 cm³/mol. The molecule has 2 amide bonds. The first-order valence-corrected chi connectivity index (χ1v) is 12.3. The lowest BCUT2D eigenvalue weighted by atomic mass is 9.73. The first kappa shape index (κ1) is 22.8. The third-order valence-corrected chi connectivity index (χ3v) is 7.85. The fraction of sp³-hybridized carbons (Fsp3) is 0.913. The minimum absolute atomic E-state index is 0.0264. The van der Waals surface area contributed by atoms with Gasteiger partial charge >= 0.3 is 6.09 Å². The number of carbonyl (C=O) groups is 2. The smallest absolute Gasteiger partial charge is 0.410 e. The van der Waals surface area contributed by atoms with E-state index in [2.05, 4.69) is 22.7 Å². The van der Waals surface area contributed by atoms with Gasteiger partial charge in [0.2, 0.25) is 5.91 Å². The highest BCUT2D eigenvalue weighted by Crippen LogP contribution is 2.40. The molecule has 0 aromatic carbocycles. The van der Waals surface area contributed by atoms with Crippen molar-refractivity contribution in [1.29, 1.82) is 0 Å². The Morgan fingerprint density at radius 1 is 1.00 bits per heavy atom. The van der Waals surface area contributed by atoms with Gasteiger partial charge in [0.05, 0.1) is 18.2 Å². The van der Waals surface area contributed by atoms with Crippen molar-refractivity contribution in [3.63, 3.8) is 0 Å². The average molecular weight is 436 g/mol. The van der Waals surface area contributed by atoms with Crippen molar-refractivity contribution in [1.82, 2.24) is 25.6 Å². The first-order valence-electron chi connectivity index (χ1n) is 12.3. The number of hydrogen-bond donors (Lipinski definition) is 2. The predicted octanol–water partition coefficient (Wildman–Crippen LogP) is 1.81. The van der Waals surface area contributed by atoms with E-state index in [1.807, 2.05) is 23.6 Å². The lowest BCUT2D eigenvalue weighted by Crippen LogP contribution is -2.67. The largest absolute Gasteiger partial charge is 0.447 e. The van der Waals surface area contributed by atoms with Crippen LogP contribution in [0.5, 0.6) is 0 Å². The van der Waals surface area contributed by atoms with Crippen molar-refractivity contribution in [2.24, 2.45) is 11.8 Å². The van der Waals surface area contributed by atoms with E-state index in [4.69, 9.17) is 4.74 Å². The molecular weight excluding hydrogens is 394 g/mol. The number of nitrogens with one attached hydrogen (secondary N) is 2. The van der Waals surface area contributed by atoms with Crippen molar-refractivity contribution in [2.45, 2.75) is 90.1 Å². The first-order chi connectivity index (χ1) is 14.8. The number of piperazine rings is 1. The van der Waals surface area contributed by atoms with Gasteiger partial charge in [-0.05, 0) is 77.8 Å². The molecule has 3 aliphatic heterocycles. The van der Waals surface area contributed by atoms with E-state index in [0.717, 1.165) is 45.4 Å². The lowest BCUT2D eigenvalue weighted by molar-refractivity contribution is -0.142. The molecule has 1 aliphatic carbocycles. The standard InChI is InChI=1S/C23H41N5O3/c1-15(2)31-23(30)26-13-16(3)28(17(4)29)21-6-5-18(11-22(21)26)19-12-25-27(14-19)20-7-9-24-10-8-20/h15-16,18-22,24-25H,5-14H2,1-4H3/t16-,18?,19?,21?,22?/m0/s1. The lowest BCUT2D eigenvalue weighted by Gasteiger charge is -2.54. The van der Waals surface area contributed by atoms with Crippen molar-refractivity contribution in [2.75, 3.05) is 32.7 Å². The summed E-state index contributed by atoms with van der Waals surface area (Å²) in [7, 11) is 0. The van der Waals surface area contributed by atoms with Crippen LogP contribution in [0.25, 0.3) is 0 Å². The van der Waals surface area contributed by atoms with E-state index in [9.17, 15) is 9.59 Å². The number of ether oxygens (including phenoxy) is 1. The number of amides is 2. The van der Waals surface area contributed by atoms with Crippen LogP contribution >= 0.6 is 0 Å². The second kappa shape index (κ2) is 9.63. The summed E-state index contributed by atoms with van der Waals surface area (Å²) < 4.78 is 5.60. The minimum atomic E-state index is -0.221. The molecule has 8 heteroatoms. The number of hydrazine groups is 1. The van der Waals surface area contributed by atoms with Crippen LogP contribution < -0.4 is 10.7 Å². The maximum Gasteiger partial charge on any atom is 0.410 e. The summed E-state index contributed by atoms with van der Waals surface area (Å²) in [5.41, 5.74) is 3.68. The quantitative estimate of drug-likeness (QED) is 0.704. The van der Waals surface area contributed by atoms with Crippen LogP contribution in [0.15, 0.2) is 0 Å². The molecule has 4 aliphatic rings. The van der Waals surface area contributed by atoms with Crippen LogP contribution in [-0.2, 0) is 9.53 Å². The molecule has 0 aromatic rings. The Kier molecular flexibility index (Phi) is 7.08. The fourth-order valence-corrected chi connectivity index (χ4v) is 6.44. The van der Waals surface area contributed by atoms with Gasteiger partial charge in [0.25, 0.3) is 0 Å². The minimum Gasteiger partial charge on any atom is -0.447 e. The number of nitrogens with zero attached hydrogens (tertiary/aromatic N) is 3. The molecule has 8 nitrogen and oxygen atoms in total. The molecule has 31 heavy (non-hydrogen) atoms. The molecule has 0 aromatic heterocycles. The summed E-state index contributed by atoms with van der Waals surface area (Å²) in [6.07, 6.45) is 5.10. The maximum absolute atomic E-state index is 12.9. The van der Waals surface area contributed by atoms with E-state index < -0.39 is 0 Å². The van der Waals surface area contributed by atoms with E-state index in [-0.39, 0.29) is 36.2 Å². The molecule has 0 spiro atoms. The molecule has 3 saturated heterocycles. The van der Waals surface area contributed by atoms with E-state index >= 15 is 0 Å². The highest BCUT2D eigenvalue weighted by atomic mass is 16.6. The second-order valence-corrected chi connectivity index (χ2v) is 10.3. The molecule has 3 heterocycles. The number of hydrogen-bond acceptors (Lipinski definition) is 6. The van der Waals surface area contributed by atoms with Gasteiger partial charge in [-0.2, -0.15) is 0 Å². The van der Waals surface area contributed by atoms with Gasteiger partial charge in [-0.1, -0.05) is 0 Å². The number of rotatable bonds is 3. The van der Waals surface area contributed by atoms with E-state index in [1.165, 1.54) is 12.8 Å². The molecule has 1 saturated carbocycles. The zero-order valence-corrected chi connectivity index (χ0v) is 19.7. The topological polar surface area (TPSA) is 77.2 Å². The fourth-order valence-electron chi connectivity index (χ4n) is 6.44. The van der Waals surface area contributed by atoms with E-state index in [0.29, 0.717) is 24.4 Å². The summed E-state index contributed by atoms with van der Waals surface area (Å²) in [4.78, 5) is 29.4. The Balaban J connectivity index is 1.45. The number of carbonyl (C=O) groups excluding carboxylic acids is 2. The summed E-state index contributed by atoms with van der Waals surface area (Å²) in [6, 6.07) is 0.813. The summed E-state index contributed by atoms with van der Waals surface area (Å²) >= 11 is 0. The molecule has 0 radical (unpaired) electrons. The summed E-state index contributed by atoms with van der Waals surface area (Å²) in [5.74, 6) is 1.29. The zero-order valence-electron chi connectivity index (χ0n) is 19.7. The Hall–Kier alpha value is -1.38. The Bertz CT molecular complexity index is 653. The van der Waals surface area contributed by atoms with Crippen LogP contribution in [0.3, 0.4) is 0 Å². The van der Waals surface area contributed by atoms with Crippen molar-refractivity contribution < 1.29 is 14.3 Å².